The highest BCUT2D eigenvalue weighted by atomic mass is 16.5. The molecule has 1 aliphatic heterocycles. The van der Waals surface area contributed by atoms with E-state index in [4.69, 9.17) is 15.0 Å². The van der Waals surface area contributed by atoms with Crippen molar-refractivity contribution < 1.29 is 9.26 Å². The maximum Gasteiger partial charge on any atom is 0.233 e. The zero-order valence-electron chi connectivity index (χ0n) is 11.5. The van der Waals surface area contributed by atoms with Crippen LogP contribution < -0.4 is 5.73 Å². The minimum atomic E-state index is 0.0658. The molecule has 1 aliphatic carbocycles. The number of ether oxygens (including phenoxy) is 1. The maximum absolute atomic E-state index is 6.11. The van der Waals surface area contributed by atoms with E-state index in [1.165, 1.54) is 25.7 Å². The first kappa shape index (κ1) is 13.1. The molecule has 2 fully saturated rings. The average molecular weight is 265 g/mol. The zero-order chi connectivity index (χ0) is 13.2. The van der Waals surface area contributed by atoms with Gasteiger partial charge in [-0.2, -0.15) is 4.98 Å². The van der Waals surface area contributed by atoms with Crippen molar-refractivity contribution >= 4 is 0 Å². The summed E-state index contributed by atoms with van der Waals surface area (Å²) in [6.07, 6.45) is 5.80. The van der Waals surface area contributed by atoms with E-state index in [0.717, 1.165) is 24.8 Å². The summed E-state index contributed by atoms with van der Waals surface area (Å²) in [6.45, 7) is 3.64. The van der Waals surface area contributed by atoms with Crippen LogP contribution in [-0.4, -0.2) is 29.4 Å². The fourth-order valence-electron chi connectivity index (χ4n) is 3.24. The first-order valence-electron chi connectivity index (χ1n) is 7.41. The molecule has 0 amide bonds. The minimum absolute atomic E-state index is 0.0658. The number of rotatable bonds is 2. The van der Waals surface area contributed by atoms with Crippen molar-refractivity contribution in [1.29, 1.82) is 0 Å². The molecule has 0 aromatic carbocycles. The van der Waals surface area contributed by atoms with Crippen molar-refractivity contribution in [3.8, 4) is 0 Å². The molecule has 2 heterocycles. The van der Waals surface area contributed by atoms with Gasteiger partial charge in [-0.25, -0.2) is 0 Å². The lowest BCUT2D eigenvalue weighted by Crippen LogP contribution is -2.37. The molecule has 1 aromatic rings. The van der Waals surface area contributed by atoms with E-state index in [-0.39, 0.29) is 12.0 Å². The van der Waals surface area contributed by atoms with Crippen molar-refractivity contribution in [3.63, 3.8) is 0 Å². The molecule has 4 atom stereocenters. The largest absolute Gasteiger partial charge is 0.381 e. The van der Waals surface area contributed by atoms with Crippen molar-refractivity contribution in [2.75, 3.05) is 13.2 Å². The van der Waals surface area contributed by atoms with Crippen LogP contribution in [0.5, 0.6) is 0 Å². The van der Waals surface area contributed by atoms with Gasteiger partial charge < -0.3 is 15.0 Å². The molecule has 19 heavy (non-hydrogen) atoms. The molecule has 1 saturated heterocycles. The van der Waals surface area contributed by atoms with Crippen molar-refractivity contribution in [2.45, 2.75) is 56.9 Å². The third-order valence-corrected chi connectivity index (χ3v) is 4.49. The van der Waals surface area contributed by atoms with Crippen LogP contribution in [0.25, 0.3) is 0 Å². The quantitative estimate of drug-likeness (QED) is 0.887. The van der Waals surface area contributed by atoms with E-state index in [2.05, 4.69) is 17.1 Å². The van der Waals surface area contributed by atoms with E-state index >= 15 is 0 Å². The standard InChI is InChI=1S/C14H23N3O2/c1-9-3-2-4-10(7-9)13-16-14(19-17-13)11-8-18-6-5-12(11)15/h9-12H,2-8,15H2,1H3. The van der Waals surface area contributed by atoms with Crippen LogP contribution in [0.3, 0.4) is 0 Å². The van der Waals surface area contributed by atoms with Crippen LogP contribution in [0.4, 0.5) is 0 Å². The zero-order valence-corrected chi connectivity index (χ0v) is 11.5. The molecule has 1 aromatic heterocycles. The summed E-state index contributed by atoms with van der Waals surface area (Å²) >= 11 is 0. The van der Waals surface area contributed by atoms with E-state index < -0.39 is 0 Å². The van der Waals surface area contributed by atoms with Gasteiger partial charge in [0.2, 0.25) is 5.89 Å². The number of nitrogens with zero attached hydrogens (tertiary/aromatic N) is 2. The smallest absolute Gasteiger partial charge is 0.233 e. The highest BCUT2D eigenvalue weighted by Crippen LogP contribution is 2.35. The molecule has 0 radical (unpaired) electrons. The maximum atomic E-state index is 6.11. The van der Waals surface area contributed by atoms with Crippen LogP contribution in [0.2, 0.25) is 0 Å². The molecule has 5 nitrogen and oxygen atoms in total. The number of hydrogen-bond donors (Lipinski definition) is 1. The number of hydrogen-bond acceptors (Lipinski definition) is 5. The highest BCUT2D eigenvalue weighted by Gasteiger charge is 2.31. The van der Waals surface area contributed by atoms with Crippen molar-refractivity contribution in [1.82, 2.24) is 10.1 Å². The fourth-order valence-corrected chi connectivity index (χ4v) is 3.24. The van der Waals surface area contributed by atoms with Gasteiger partial charge in [-0.15, -0.1) is 0 Å². The van der Waals surface area contributed by atoms with Gasteiger partial charge in [-0.05, 0) is 25.2 Å². The Hall–Kier alpha value is -0.940. The predicted molar refractivity (Wildman–Crippen MR) is 70.8 cm³/mol. The topological polar surface area (TPSA) is 74.2 Å². The Kier molecular flexibility index (Phi) is 3.84. The summed E-state index contributed by atoms with van der Waals surface area (Å²) < 4.78 is 10.9. The third-order valence-electron chi connectivity index (χ3n) is 4.49. The van der Waals surface area contributed by atoms with Crippen molar-refractivity contribution in [2.24, 2.45) is 11.7 Å². The molecule has 5 heteroatoms. The van der Waals surface area contributed by atoms with Gasteiger partial charge in [0.05, 0.1) is 12.5 Å². The first-order valence-corrected chi connectivity index (χ1v) is 7.41. The third kappa shape index (κ3) is 2.82. The molecular weight excluding hydrogens is 242 g/mol. The Morgan fingerprint density at radius 1 is 1.26 bits per heavy atom. The monoisotopic (exact) mass is 265 g/mol. The Labute approximate surface area is 113 Å². The first-order chi connectivity index (χ1) is 9.24. The van der Waals surface area contributed by atoms with Crippen molar-refractivity contribution in [3.05, 3.63) is 11.7 Å². The Morgan fingerprint density at radius 2 is 2.16 bits per heavy atom. The molecular formula is C14H23N3O2. The van der Waals surface area contributed by atoms with E-state index in [1.807, 2.05) is 0 Å². The molecule has 3 rings (SSSR count). The Bertz CT molecular complexity index is 421. The van der Waals surface area contributed by atoms with Gasteiger partial charge in [0.25, 0.3) is 0 Å². The normalized spacial score (nSPS) is 36.3. The van der Waals surface area contributed by atoms with Gasteiger partial charge in [-0.1, -0.05) is 24.9 Å². The summed E-state index contributed by atoms with van der Waals surface area (Å²) in [5.41, 5.74) is 6.11. The number of nitrogens with two attached hydrogens (primary N) is 1. The summed E-state index contributed by atoms with van der Waals surface area (Å²) in [6, 6.07) is 0.0762. The van der Waals surface area contributed by atoms with E-state index in [9.17, 15) is 0 Å². The summed E-state index contributed by atoms with van der Waals surface area (Å²) in [4.78, 5) is 4.60. The van der Waals surface area contributed by atoms with Gasteiger partial charge in [-0.3, -0.25) is 0 Å². The molecule has 0 spiro atoms. The second kappa shape index (κ2) is 5.59. The summed E-state index contributed by atoms with van der Waals surface area (Å²) in [5.74, 6) is 2.83. The lowest BCUT2D eigenvalue weighted by atomic mass is 9.82. The van der Waals surface area contributed by atoms with E-state index in [1.54, 1.807) is 0 Å². The Balaban J connectivity index is 1.71. The van der Waals surface area contributed by atoms with Crippen LogP contribution in [0.15, 0.2) is 4.52 Å². The molecule has 1 saturated carbocycles. The molecule has 2 aliphatic rings. The molecule has 4 unspecified atom stereocenters. The van der Waals surface area contributed by atoms with Crippen LogP contribution in [-0.2, 0) is 4.74 Å². The van der Waals surface area contributed by atoms with Crippen LogP contribution in [0.1, 0.15) is 62.6 Å². The molecule has 0 bridgehead atoms. The van der Waals surface area contributed by atoms with Gasteiger partial charge in [0, 0.05) is 18.6 Å². The van der Waals surface area contributed by atoms with Gasteiger partial charge in [0.1, 0.15) is 0 Å². The van der Waals surface area contributed by atoms with Gasteiger partial charge in [0.15, 0.2) is 5.82 Å². The number of aromatic nitrogens is 2. The lowest BCUT2D eigenvalue weighted by Gasteiger charge is -2.25. The Morgan fingerprint density at radius 3 is 2.95 bits per heavy atom. The van der Waals surface area contributed by atoms with Crippen LogP contribution >= 0.6 is 0 Å². The predicted octanol–water partition coefficient (Wildman–Crippen LogP) is 2.19. The summed E-state index contributed by atoms with van der Waals surface area (Å²) in [5, 5.41) is 4.19. The van der Waals surface area contributed by atoms with E-state index in [0.29, 0.717) is 18.4 Å². The molecule has 106 valence electrons. The highest BCUT2D eigenvalue weighted by molar-refractivity contribution is 5.04. The van der Waals surface area contributed by atoms with Gasteiger partial charge >= 0.3 is 0 Å². The van der Waals surface area contributed by atoms with Crippen LogP contribution in [0, 0.1) is 5.92 Å². The fraction of sp³-hybridized carbons (Fsp3) is 0.857. The second-order valence-electron chi connectivity index (χ2n) is 6.09. The SMILES string of the molecule is CC1CCCC(c2noc(C3COCCC3N)n2)C1. The molecule has 2 N–H and O–H groups in total. The average Bonchev–Trinajstić information content (AvgIpc) is 2.89. The second-order valence-corrected chi connectivity index (χ2v) is 6.09. The minimum Gasteiger partial charge on any atom is -0.381 e. The summed E-state index contributed by atoms with van der Waals surface area (Å²) in [7, 11) is 0. The lowest BCUT2D eigenvalue weighted by molar-refractivity contribution is 0.0590.